The van der Waals surface area contributed by atoms with Gasteiger partial charge >= 0.3 is 0 Å². The second-order valence-corrected chi connectivity index (χ2v) is 11.0. The Morgan fingerprint density at radius 2 is 1.45 bits per heavy atom. The van der Waals surface area contributed by atoms with Crippen molar-refractivity contribution >= 4 is 41.2 Å². The van der Waals surface area contributed by atoms with E-state index in [4.69, 9.17) is 11.6 Å². The minimum absolute atomic E-state index is 0.212. The van der Waals surface area contributed by atoms with Gasteiger partial charge in [0, 0.05) is 22.7 Å². The summed E-state index contributed by atoms with van der Waals surface area (Å²) >= 11 is 5.98. The molecule has 3 aliphatic carbocycles. The Hall–Kier alpha value is -4.55. The molecule has 1 N–H and O–H groups in total. The van der Waals surface area contributed by atoms with E-state index in [1.165, 1.54) is 4.90 Å². The van der Waals surface area contributed by atoms with Crippen molar-refractivity contribution < 1.29 is 14.4 Å². The zero-order valence-electron chi connectivity index (χ0n) is 21.5. The normalized spacial score (nSPS) is 24.1. The molecule has 1 fully saturated rings. The molecule has 196 valence electrons. The molecule has 4 aromatic carbocycles. The lowest BCUT2D eigenvalue weighted by atomic mass is 9.47. The first kappa shape index (κ1) is 24.5. The third-order valence-electron chi connectivity index (χ3n) is 8.52. The number of anilines is 1. The van der Waals surface area contributed by atoms with E-state index >= 15 is 0 Å². The number of nitrogens with zero attached hydrogens (tertiary/aromatic N) is 2. The number of hydrogen-bond acceptors (Lipinski definition) is 4. The molecule has 1 heterocycles. The van der Waals surface area contributed by atoms with Crippen LogP contribution in [0.4, 0.5) is 5.69 Å². The molecule has 0 spiro atoms. The van der Waals surface area contributed by atoms with E-state index in [1.807, 2.05) is 79.7 Å². The van der Waals surface area contributed by atoms with Gasteiger partial charge in [0.05, 0.1) is 22.9 Å². The van der Waals surface area contributed by atoms with Crippen molar-refractivity contribution in [3.05, 3.63) is 135 Å². The average molecular weight is 546 g/mol. The molecule has 0 saturated carbocycles. The van der Waals surface area contributed by atoms with Crippen LogP contribution in [-0.2, 0) is 15.0 Å². The van der Waals surface area contributed by atoms with E-state index in [2.05, 4.69) is 10.5 Å². The summed E-state index contributed by atoms with van der Waals surface area (Å²) in [7, 11) is 0. The lowest BCUT2D eigenvalue weighted by molar-refractivity contribution is -0.122. The van der Waals surface area contributed by atoms with Crippen molar-refractivity contribution in [2.45, 2.75) is 18.3 Å². The standard InChI is InChI=1S/C33H24ClN3O3/c1-19-10-16-22(17-11-19)37-31(39)28-27-23-6-2-4-8-25(23)33(29(28)32(37)40,26-9-5-3-7-24(26)27)18-35-36-30(38)20-12-14-21(34)15-13-20/h2-18,27-29H,1H3,(H,36,38)/b35-18-/t27?,28-,29-,33?/m0/s1. The van der Waals surface area contributed by atoms with Crippen LogP contribution in [0.25, 0.3) is 0 Å². The molecule has 2 atom stereocenters. The van der Waals surface area contributed by atoms with E-state index in [0.717, 1.165) is 27.8 Å². The third-order valence-corrected chi connectivity index (χ3v) is 8.77. The number of hydrazone groups is 1. The number of rotatable bonds is 4. The molecule has 7 heteroatoms. The predicted octanol–water partition coefficient (Wildman–Crippen LogP) is 5.62. The van der Waals surface area contributed by atoms with Gasteiger partial charge in [0.25, 0.3) is 5.91 Å². The molecule has 4 aromatic rings. The monoisotopic (exact) mass is 545 g/mol. The lowest BCUT2D eigenvalue weighted by Gasteiger charge is -2.52. The molecular weight excluding hydrogens is 522 g/mol. The summed E-state index contributed by atoms with van der Waals surface area (Å²) in [6.45, 7) is 1.97. The highest BCUT2D eigenvalue weighted by Crippen LogP contribution is 2.63. The number of imide groups is 1. The minimum atomic E-state index is -1.05. The first-order valence-corrected chi connectivity index (χ1v) is 13.5. The van der Waals surface area contributed by atoms with E-state index in [0.29, 0.717) is 16.3 Å². The summed E-state index contributed by atoms with van der Waals surface area (Å²) in [6, 6.07) is 29.9. The van der Waals surface area contributed by atoms with Crippen LogP contribution in [0, 0.1) is 18.8 Å². The maximum absolute atomic E-state index is 14.3. The Morgan fingerprint density at radius 1 is 0.850 bits per heavy atom. The Morgan fingerprint density at radius 3 is 2.08 bits per heavy atom. The quantitative estimate of drug-likeness (QED) is 0.205. The Balaban J connectivity index is 1.39. The number of benzene rings is 4. The number of carbonyl (C=O) groups excluding carboxylic acids is 3. The van der Waals surface area contributed by atoms with Gasteiger partial charge in [0.15, 0.2) is 0 Å². The number of nitrogens with one attached hydrogen (secondary N) is 1. The number of halogens is 1. The average Bonchev–Trinajstić information content (AvgIpc) is 3.24. The maximum Gasteiger partial charge on any atom is 0.271 e. The molecule has 0 radical (unpaired) electrons. The third kappa shape index (κ3) is 3.36. The van der Waals surface area contributed by atoms with Gasteiger partial charge in [0.1, 0.15) is 0 Å². The number of hydrogen-bond donors (Lipinski definition) is 1. The van der Waals surface area contributed by atoms with Gasteiger partial charge in [-0.05, 0) is 65.6 Å². The van der Waals surface area contributed by atoms with Crippen LogP contribution >= 0.6 is 11.6 Å². The van der Waals surface area contributed by atoms with E-state index in [-0.39, 0.29) is 17.7 Å². The summed E-state index contributed by atoms with van der Waals surface area (Å²) in [6.07, 6.45) is 1.66. The summed E-state index contributed by atoms with van der Waals surface area (Å²) in [5.41, 5.74) is 7.46. The molecule has 4 aliphatic rings. The van der Waals surface area contributed by atoms with Gasteiger partial charge in [-0.15, -0.1) is 0 Å². The van der Waals surface area contributed by atoms with Gasteiger partial charge < -0.3 is 0 Å². The topological polar surface area (TPSA) is 78.8 Å². The van der Waals surface area contributed by atoms with Crippen LogP contribution in [0.2, 0.25) is 5.02 Å². The summed E-state index contributed by atoms with van der Waals surface area (Å²) < 4.78 is 0. The highest BCUT2D eigenvalue weighted by molar-refractivity contribution is 6.30. The van der Waals surface area contributed by atoms with E-state index < -0.39 is 23.2 Å². The van der Waals surface area contributed by atoms with Crippen molar-refractivity contribution in [2.24, 2.45) is 16.9 Å². The zero-order valence-corrected chi connectivity index (χ0v) is 22.3. The number of amides is 3. The van der Waals surface area contributed by atoms with Crippen LogP contribution in [0.15, 0.2) is 102 Å². The molecule has 6 nitrogen and oxygen atoms in total. The first-order chi connectivity index (χ1) is 19.4. The highest BCUT2D eigenvalue weighted by Gasteiger charge is 2.68. The Labute approximate surface area is 236 Å². The van der Waals surface area contributed by atoms with Crippen LogP contribution in [0.5, 0.6) is 0 Å². The Bertz CT molecular complexity index is 1680. The predicted molar refractivity (Wildman–Crippen MR) is 154 cm³/mol. The molecule has 3 amide bonds. The van der Waals surface area contributed by atoms with Crippen LogP contribution in [-0.4, -0.2) is 23.9 Å². The first-order valence-electron chi connectivity index (χ1n) is 13.2. The molecule has 40 heavy (non-hydrogen) atoms. The fourth-order valence-electron chi connectivity index (χ4n) is 6.86. The van der Waals surface area contributed by atoms with E-state index in [1.54, 1.807) is 30.5 Å². The van der Waals surface area contributed by atoms with Crippen molar-refractivity contribution in [1.29, 1.82) is 0 Å². The van der Waals surface area contributed by atoms with Crippen LogP contribution in [0.3, 0.4) is 0 Å². The largest absolute Gasteiger partial charge is 0.274 e. The highest BCUT2D eigenvalue weighted by atomic mass is 35.5. The second-order valence-electron chi connectivity index (χ2n) is 10.6. The smallest absolute Gasteiger partial charge is 0.271 e. The Kier molecular flexibility index (Phi) is 5.51. The fraction of sp³-hybridized carbons (Fsp3) is 0.152. The summed E-state index contributed by atoms with van der Waals surface area (Å²) in [5, 5.41) is 4.98. The molecule has 1 aliphatic heterocycles. The van der Waals surface area contributed by atoms with Gasteiger partial charge in [-0.3, -0.25) is 14.4 Å². The minimum Gasteiger partial charge on any atom is -0.274 e. The van der Waals surface area contributed by atoms with Gasteiger partial charge in [-0.1, -0.05) is 77.8 Å². The van der Waals surface area contributed by atoms with Gasteiger partial charge in [-0.25, -0.2) is 10.3 Å². The summed E-state index contributed by atoms with van der Waals surface area (Å²) in [4.78, 5) is 42.8. The molecule has 1 saturated heterocycles. The van der Waals surface area contributed by atoms with Crippen LogP contribution < -0.4 is 10.3 Å². The van der Waals surface area contributed by atoms with E-state index in [9.17, 15) is 14.4 Å². The van der Waals surface area contributed by atoms with Crippen molar-refractivity contribution in [2.75, 3.05) is 4.90 Å². The van der Waals surface area contributed by atoms with Crippen molar-refractivity contribution in [3.63, 3.8) is 0 Å². The summed E-state index contributed by atoms with van der Waals surface area (Å²) in [5.74, 6) is -2.45. The fourth-order valence-corrected chi connectivity index (χ4v) is 6.98. The lowest BCUT2D eigenvalue weighted by Crippen LogP contribution is -2.54. The second kappa shape index (κ2) is 9.00. The molecule has 8 rings (SSSR count). The number of carbonyl (C=O) groups is 3. The molecule has 0 unspecified atom stereocenters. The maximum atomic E-state index is 14.3. The van der Waals surface area contributed by atoms with Gasteiger partial charge in [0.2, 0.25) is 11.8 Å². The SMILES string of the molecule is Cc1ccc(N2C(=O)[C@@H]3[C@@H](C2=O)C2c4ccccc4C3(/C=N\NC(=O)c3ccc(Cl)cc3)c3ccccc32)cc1. The number of aryl methyl sites for hydroxylation is 1. The molecule has 0 aromatic heterocycles. The zero-order chi connectivity index (χ0) is 27.6. The molecule has 2 bridgehead atoms. The van der Waals surface area contributed by atoms with Crippen molar-refractivity contribution in [3.8, 4) is 0 Å². The van der Waals surface area contributed by atoms with Crippen LogP contribution in [0.1, 0.15) is 44.1 Å². The van der Waals surface area contributed by atoms with Crippen molar-refractivity contribution in [1.82, 2.24) is 5.43 Å². The molecular formula is C33H24ClN3O3. The van der Waals surface area contributed by atoms with Gasteiger partial charge in [-0.2, -0.15) is 5.10 Å².